The van der Waals surface area contributed by atoms with Crippen LogP contribution in [0.25, 0.3) is 33.5 Å². The fourth-order valence-corrected chi connectivity index (χ4v) is 2.44. The molecular weight excluding hydrogens is 255 g/mol. The van der Waals surface area contributed by atoms with Crippen LogP contribution in [0.1, 0.15) is 0 Å². The van der Waals surface area contributed by atoms with Gasteiger partial charge in [0.2, 0.25) is 5.89 Å². The zero-order valence-corrected chi connectivity index (χ0v) is 10.8. The van der Waals surface area contributed by atoms with Crippen molar-refractivity contribution in [3.63, 3.8) is 0 Å². The van der Waals surface area contributed by atoms with E-state index in [0.29, 0.717) is 17.0 Å². The lowest BCUT2D eigenvalue weighted by Crippen LogP contribution is -1.83. The molecule has 0 atom stereocenters. The van der Waals surface area contributed by atoms with Crippen molar-refractivity contribution in [1.82, 2.24) is 9.55 Å². The predicted octanol–water partition coefficient (Wildman–Crippen LogP) is 4.13. The number of fused-ring (bicyclic) bond motifs is 2. The quantitative estimate of drug-likeness (QED) is 0.518. The van der Waals surface area contributed by atoms with Gasteiger partial charge >= 0.3 is 0 Å². The Kier molecular flexibility index (Phi) is 2.21. The molecule has 0 fully saturated rings. The van der Waals surface area contributed by atoms with E-state index < -0.39 is 0 Å². The van der Waals surface area contributed by atoms with E-state index in [0.717, 1.165) is 16.5 Å². The Bertz CT molecular complexity index is 936. The number of oxazole rings is 1. The van der Waals surface area contributed by atoms with Crippen molar-refractivity contribution in [2.75, 3.05) is 0 Å². The molecule has 4 aromatic rings. The molecule has 0 amide bonds. The van der Waals surface area contributed by atoms with E-state index in [1.807, 2.05) is 37.5 Å². The third kappa shape index (κ3) is 1.61. The lowest BCUT2D eigenvalue weighted by atomic mass is 10.1. The van der Waals surface area contributed by atoms with Crippen molar-refractivity contribution in [3.05, 3.63) is 54.5 Å². The number of aromatic nitrogens is 2. The van der Waals surface area contributed by atoms with E-state index in [1.54, 1.807) is 6.07 Å². The van der Waals surface area contributed by atoms with Gasteiger partial charge in [-0.2, -0.15) is 0 Å². The van der Waals surface area contributed by atoms with Crippen LogP contribution in [0, 0.1) is 5.82 Å². The van der Waals surface area contributed by atoms with Gasteiger partial charge in [-0.25, -0.2) is 9.37 Å². The molecular formula is C16H11FN2O. The molecule has 2 heterocycles. The van der Waals surface area contributed by atoms with Crippen LogP contribution in [0.15, 0.2) is 53.1 Å². The van der Waals surface area contributed by atoms with E-state index >= 15 is 0 Å². The summed E-state index contributed by atoms with van der Waals surface area (Å²) in [5.74, 6) is 0.190. The monoisotopic (exact) mass is 266 g/mol. The first-order chi connectivity index (χ1) is 9.70. The van der Waals surface area contributed by atoms with Gasteiger partial charge in [0.1, 0.15) is 11.3 Å². The molecule has 98 valence electrons. The van der Waals surface area contributed by atoms with E-state index in [1.165, 1.54) is 12.1 Å². The van der Waals surface area contributed by atoms with Gasteiger partial charge in [-0.05, 0) is 36.4 Å². The first-order valence-corrected chi connectivity index (χ1v) is 6.32. The molecule has 0 N–H and O–H groups in total. The van der Waals surface area contributed by atoms with Gasteiger partial charge < -0.3 is 8.98 Å². The first kappa shape index (κ1) is 11.2. The van der Waals surface area contributed by atoms with Crippen molar-refractivity contribution in [2.45, 2.75) is 0 Å². The molecule has 2 aromatic heterocycles. The number of rotatable bonds is 1. The first-order valence-electron chi connectivity index (χ1n) is 6.32. The van der Waals surface area contributed by atoms with Gasteiger partial charge in [0.15, 0.2) is 5.58 Å². The predicted molar refractivity (Wildman–Crippen MR) is 75.9 cm³/mol. The molecule has 4 heteroatoms. The van der Waals surface area contributed by atoms with Crippen LogP contribution in [0.2, 0.25) is 0 Å². The Hall–Kier alpha value is -2.62. The SMILES string of the molecule is Cn1ccc2cc(-c3nc4ccc(F)cc4o3)ccc21. The van der Waals surface area contributed by atoms with E-state index in [9.17, 15) is 4.39 Å². The number of halogens is 1. The molecule has 0 aliphatic rings. The molecule has 0 saturated heterocycles. The summed E-state index contributed by atoms with van der Waals surface area (Å²) in [5, 5.41) is 1.12. The minimum absolute atomic E-state index is 0.321. The summed E-state index contributed by atoms with van der Waals surface area (Å²) in [6.45, 7) is 0. The summed E-state index contributed by atoms with van der Waals surface area (Å²) in [6, 6.07) is 12.4. The summed E-state index contributed by atoms with van der Waals surface area (Å²) in [7, 11) is 2.00. The molecule has 0 aliphatic carbocycles. The molecule has 0 unspecified atom stereocenters. The largest absolute Gasteiger partial charge is 0.436 e. The number of aryl methyl sites for hydroxylation is 1. The number of hydrogen-bond acceptors (Lipinski definition) is 2. The van der Waals surface area contributed by atoms with Crippen LogP contribution in [-0.2, 0) is 7.05 Å². The normalized spacial score (nSPS) is 11.5. The molecule has 0 saturated carbocycles. The minimum Gasteiger partial charge on any atom is -0.436 e. The Morgan fingerprint density at radius 3 is 2.90 bits per heavy atom. The van der Waals surface area contributed by atoms with Gasteiger partial charge in [-0.1, -0.05) is 0 Å². The average molecular weight is 266 g/mol. The Balaban J connectivity index is 1.91. The minimum atomic E-state index is -0.321. The highest BCUT2D eigenvalue weighted by atomic mass is 19.1. The maximum absolute atomic E-state index is 13.2. The van der Waals surface area contributed by atoms with Gasteiger partial charge in [0.25, 0.3) is 0 Å². The fraction of sp³-hybridized carbons (Fsp3) is 0.0625. The van der Waals surface area contributed by atoms with Gasteiger partial charge in [0, 0.05) is 35.8 Å². The maximum Gasteiger partial charge on any atom is 0.227 e. The van der Waals surface area contributed by atoms with Crippen LogP contribution in [0.5, 0.6) is 0 Å². The zero-order valence-electron chi connectivity index (χ0n) is 10.8. The Labute approximate surface area is 114 Å². The molecule has 0 radical (unpaired) electrons. The zero-order chi connectivity index (χ0) is 13.7. The van der Waals surface area contributed by atoms with Crippen LogP contribution in [-0.4, -0.2) is 9.55 Å². The van der Waals surface area contributed by atoms with Gasteiger partial charge in [-0.15, -0.1) is 0 Å². The van der Waals surface area contributed by atoms with Crippen molar-refractivity contribution in [2.24, 2.45) is 7.05 Å². The van der Waals surface area contributed by atoms with Crippen molar-refractivity contribution >= 4 is 22.0 Å². The summed E-state index contributed by atoms with van der Waals surface area (Å²) in [4.78, 5) is 4.40. The summed E-state index contributed by atoms with van der Waals surface area (Å²) in [5.41, 5.74) is 3.17. The number of hydrogen-bond donors (Lipinski definition) is 0. The molecule has 20 heavy (non-hydrogen) atoms. The molecule has 3 nitrogen and oxygen atoms in total. The second-order valence-electron chi connectivity index (χ2n) is 4.83. The molecule has 0 bridgehead atoms. The van der Waals surface area contributed by atoms with Crippen LogP contribution < -0.4 is 0 Å². The highest BCUT2D eigenvalue weighted by Crippen LogP contribution is 2.27. The van der Waals surface area contributed by atoms with E-state index in [4.69, 9.17) is 4.42 Å². The summed E-state index contributed by atoms with van der Waals surface area (Å²) < 4.78 is 20.9. The Morgan fingerprint density at radius 1 is 1.10 bits per heavy atom. The highest BCUT2D eigenvalue weighted by Gasteiger charge is 2.10. The van der Waals surface area contributed by atoms with Crippen LogP contribution in [0.4, 0.5) is 4.39 Å². The lowest BCUT2D eigenvalue weighted by Gasteiger charge is -1.98. The fourth-order valence-electron chi connectivity index (χ4n) is 2.44. The second kappa shape index (κ2) is 3.93. The molecule has 2 aromatic carbocycles. The van der Waals surface area contributed by atoms with E-state index in [2.05, 4.69) is 9.55 Å². The summed E-state index contributed by atoms with van der Waals surface area (Å²) >= 11 is 0. The van der Waals surface area contributed by atoms with Gasteiger partial charge in [0.05, 0.1) is 0 Å². The molecule has 0 aliphatic heterocycles. The third-order valence-electron chi connectivity index (χ3n) is 3.48. The average Bonchev–Trinajstić information content (AvgIpc) is 3.02. The van der Waals surface area contributed by atoms with E-state index in [-0.39, 0.29) is 5.82 Å². The van der Waals surface area contributed by atoms with Crippen LogP contribution in [0.3, 0.4) is 0 Å². The number of nitrogens with zero attached hydrogens (tertiary/aromatic N) is 2. The smallest absolute Gasteiger partial charge is 0.227 e. The van der Waals surface area contributed by atoms with Crippen molar-refractivity contribution < 1.29 is 8.81 Å². The summed E-state index contributed by atoms with van der Waals surface area (Å²) in [6.07, 6.45) is 2.01. The van der Waals surface area contributed by atoms with Crippen molar-refractivity contribution in [1.29, 1.82) is 0 Å². The van der Waals surface area contributed by atoms with Gasteiger partial charge in [-0.3, -0.25) is 0 Å². The van der Waals surface area contributed by atoms with Crippen molar-refractivity contribution in [3.8, 4) is 11.5 Å². The standard InChI is InChI=1S/C16H11FN2O/c1-19-7-6-10-8-11(2-5-14(10)19)16-18-13-4-3-12(17)9-15(13)20-16/h2-9H,1H3. The number of benzene rings is 2. The third-order valence-corrected chi connectivity index (χ3v) is 3.48. The molecule has 0 spiro atoms. The Morgan fingerprint density at radius 2 is 2.00 bits per heavy atom. The van der Waals surface area contributed by atoms with Crippen LogP contribution >= 0.6 is 0 Å². The maximum atomic E-state index is 13.2. The lowest BCUT2D eigenvalue weighted by molar-refractivity contribution is 0.602. The molecule has 4 rings (SSSR count). The topological polar surface area (TPSA) is 31.0 Å². The second-order valence-corrected chi connectivity index (χ2v) is 4.83. The highest BCUT2D eigenvalue weighted by molar-refractivity contribution is 5.85.